The number of pyridine rings is 1. The SMILES string of the molecule is CNC(=O)c1c(C)n(C)c2cc(Oc3ccnc4cc(C(=O)N5C[C@H](OC)[C@H](OC)C5)sc34)ccc12. The Kier molecular flexibility index (Phi) is 6.42. The van der Waals surface area contributed by atoms with Gasteiger partial charge in [0.05, 0.1) is 26.2 Å². The van der Waals surface area contributed by atoms with Gasteiger partial charge in [-0.3, -0.25) is 14.6 Å². The maximum atomic E-state index is 13.2. The lowest BCUT2D eigenvalue weighted by molar-refractivity contribution is -0.00461. The Balaban J connectivity index is 1.45. The van der Waals surface area contributed by atoms with Crippen LogP contribution in [0.25, 0.3) is 21.1 Å². The Morgan fingerprint density at radius 3 is 2.50 bits per heavy atom. The van der Waals surface area contributed by atoms with Crippen molar-refractivity contribution in [2.75, 3.05) is 34.4 Å². The molecule has 1 saturated heterocycles. The molecule has 4 heterocycles. The number of hydrogen-bond donors (Lipinski definition) is 1. The van der Waals surface area contributed by atoms with Crippen LogP contribution < -0.4 is 10.1 Å². The van der Waals surface area contributed by atoms with Crippen molar-refractivity contribution in [2.45, 2.75) is 19.1 Å². The molecule has 0 aliphatic carbocycles. The lowest BCUT2D eigenvalue weighted by Crippen LogP contribution is -2.29. The third kappa shape index (κ3) is 4.01. The number of fused-ring (bicyclic) bond motifs is 2. The molecule has 0 spiro atoms. The second-order valence-electron chi connectivity index (χ2n) is 8.77. The minimum Gasteiger partial charge on any atom is -0.456 e. The molecule has 4 aromatic rings. The molecular formula is C26H28N4O5S. The Labute approximate surface area is 212 Å². The number of nitrogens with one attached hydrogen (secondary N) is 1. The van der Waals surface area contributed by atoms with E-state index >= 15 is 0 Å². The van der Waals surface area contributed by atoms with Crippen LogP contribution in [0.4, 0.5) is 0 Å². The zero-order valence-electron chi connectivity index (χ0n) is 20.8. The molecule has 2 atom stereocenters. The number of rotatable bonds is 6. The highest BCUT2D eigenvalue weighted by Gasteiger charge is 2.36. The van der Waals surface area contributed by atoms with Crippen molar-refractivity contribution < 1.29 is 23.8 Å². The highest BCUT2D eigenvalue weighted by atomic mass is 32.1. The number of aryl methyl sites for hydroxylation is 1. The number of nitrogens with zero attached hydrogens (tertiary/aromatic N) is 3. The number of carbonyl (C=O) groups excluding carboxylic acids is 2. The van der Waals surface area contributed by atoms with Crippen LogP contribution in [0.3, 0.4) is 0 Å². The van der Waals surface area contributed by atoms with Crippen LogP contribution >= 0.6 is 11.3 Å². The van der Waals surface area contributed by atoms with E-state index in [1.165, 1.54) is 11.3 Å². The monoisotopic (exact) mass is 508 g/mol. The first kappa shape index (κ1) is 24.2. The van der Waals surface area contributed by atoms with Crippen LogP contribution in [0.5, 0.6) is 11.5 Å². The second kappa shape index (κ2) is 9.53. The van der Waals surface area contributed by atoms with Crippen LogP contribution in [0.1, 0.15) is 25.7 Å². The van der Waals surface area contributed by atoms with Crippen molar-refractivity contribution >= 4 is 44.3 Å². The zero-order valence-corrected chi connectivity index (χ0v) is 21.6. The summed E-state index contributed by atoms with van der Waals surface area (Å²) in [5.74, 6) is 1.05. The number of carbonyl (C=O) groups is 2. The summed E-state index contributed by atoms with van der Waals surface area (Å²) in [5.41, 5.74) is 3.12. The van der Waals surface area contributed by atoms with Gasteiger partial charge in [-0.1, -0.05) is 0 Å². The number of hydrogen-bond acceptors (Lipinski definition) is 7. The van der Waals surface area contributed by atoms with Crippen molar-refractivity contribution in [3.8, 4) is 11.5 Å². The van der Waals surface area contributed by atoms with Gasteiger partial charge in [-0.05, 0) is 25.1 Å². The Hall–Kier alpha value is -3.47. The van der Waals surface area contributed by atoms with Crippen molar-refractivity contribution in [1.82, 2.24) is 19.8 Å². The summed E-state index contributed by atoms with van der Waals surface area (Å²) in [4.78, 5) is 32.4. The van der Waals surface area contributed by atoms with Gasteiger partial charge in [0, 0.05) is 70.8 Å². The van der Waals surface area contributed by atoms with Crippen LogP contribution in [-0.4, -0.2) is 72.8 Å². The average Bonchev–Trinajstić information content (AvgIpc) is 3.58. The summed E-state index contributed by atoms with van der Waals surface area (Å²) in [6.45, 7) is 2.88. The lowest BCUT2D eigenvalue weighted by Gasteiger charge is -2.14. The van der Waals surface area contributed by atoms with E-state index in [0.717, 1.165) is 21.3 Å². The van der Waals surface area contributed by atoms with Gasteiger partial charge >= 0.3 is 0 Å². The molecule has 1 N–H and O–H groups in total. The fourth-order valence-corrected chi connectivity index (χ4v) is 5.80. The molecule has 0 saturated carbocycles. The van der Waals surface area contributed by atoms with Gasteiger partial charge in [-0.25, -0.2) is 0 Å². The molecule has 0 bridgehead atoms. The molecule has 0 unspecified atom stereocenters. The summed E-state index contributed by atoms with van der Waals surface area (Å²) >= 11 is 1.36. The van der Waals surface area contributed by atoms with Gasteiger partial charge < -0.3 is 29.0 Å². The molecule has 2 amide bonds. The van der Waals surface area contributed by atoms with Crippen molar-refractivity contribution in [1.29, 1.82) is 0 Å². The number of benzene rings is 1. The Bertz CT molecular complexity index is 1460. The van der Waals surface area contributed by atoms with E-state index in [-0.39, 0.29) is 24.0 Å². The number of ether oxygens (including phenoxy) is 3. The quantitative estimate of drug-likeness (QED) is 0.427. The average molecular weight is 509 g/mol. The van der Waals surface area contributed by atoms with Gasteiger partial charge in [0.15, 0.2) is 0 Å². The molecule has 36 heavy (non-hydrogen) atoms. The van der Waals surface area contributed by atoms with E-state index in [2.05, 4.69) is 10.3 Å². The van der Waals surface area contributed by atoms with Gasteiger partial charge in [0.1, 0.15) is 23.7 Å². The van der Waals surface area contributed by atoms with Gasteiger partial charge in [-0.2, -0.15) is 0 Å². The summed E-state index contributed by atoms with van der Waals surface area (Å²) in [7, 11) is 6.81. The van der Waals surface area contributed by atoms with Crippen molar-refractivity contribution in [2.24, 2.45) is 7.05 Å². The molecule has 1 aliphatic rings. The van der Waals surface area contributed by atoms with Crippen LogP contribution in [0.15, 0.2) is 36.5 Å². The smallest absolute Gasteiger partial charge is 0.264 e. The fraction of sp³-hybridized carbons (Fsp3) is 0.346. The summed E-state index contributed by atoms with van der Waals surface area (Å²) in [5, 5.41) is 3.57. The zero-order chi connectivity index (χ0) is 25.6. The largest absolute Gasteiger partial charge is 0.456 e. The maximum absolute atomic E-state index is 13.2. The molecule has 1 aromatic carbocycles. The molecule has 1 fully saturated rings. The van der Waals surface area contributed by atoms with Crippen LogP contribution in [-0.2, 0) is 16.5 Å². The van der Waals surface area contributed by atoms with E-state index in [0.29, 0.717) is 40.5 Å². The highest BCUT2D eigenvalue weighted by Crippen LogP contribution is 2.37. The first-order chi connectivity index (χ1) is 17.4. The van der Waals surface area contributed by atoms with Crippen LogP contribution in [0.2, 0.25) is 0 Å². The van der Waals surface area contributed by atoms with E-state index in [4.69, 9.17) is 14.2 Å². The number of methoxy groups -OCH3 is 2. The second-order valence-corrected chi connectivity index (χ2v) is 9.82. The molecule has 5 rings (SSSR count). The van der Waals surface area contributed by atoms with Gasteiger partial charge in [0.2, 0.25) is 0 Å². The number of likely N-dealkylation sites (tertiary alicyclic amines) is 1. The molecule has 9 nitrogen and oxygen atoms in total. The van der Waals surface area contributed by atoms with E-state index in [1.54, 1.807) is 44.5 Å². The number of thiophene rings is 1. The molecular weight excluding hydrogens is 480 g/mol. The van der Waals surface area contributed by atoms with E-state index < -0.39 is 0 Å². The van der Waals surface area contributed by atoms with Crippen LogP contribution in [0, 0.1) is 6.92 Å². The third-order valence-electron chi connectivity index (χ3n) is 6.84. The molecule has 1 aliphatic heterocycles. The molecule has 3 aromatic heterocycles. The fourth-order valence-electron chi connectivity index (χ4n) is 4.76. The summed E-state index contributed by atoms with van der Waals surface area (Å²) in [6, 6.07) is 9.26. The van der Waals surface area contributed by atoms with Gasteiger partial charge in [-0.15, -0.1) is 11.3 Å². The molecule has 0 radical (unpaired) electrons. The highest BCUT2D eigenvalue weighted by molar-refractivity contribution is 7.21. The van der Waals surface area contributed by atoms with E-state index in [1.807, 2.05) is 36.7 Å². The van der Waals surface area contributed by atoms with E-state index in [9.17, 15) is 9.59 Å². The first-order valence-electron chi connectivity index (χ1n) is 11.6. The van der Waals surface area contributed by atoms with Crippen molar-refractivity contribution in [3.63, 3.8) is 0 Å². The Morgan fingerprint density at radius 2 is 1.83 bits per heavy atom. The topological polar surface area (TPSA) is 94.9 Å². The van der Waals surface area contributed by atoms with Crippen molar-refractivity contribution in [3.05, 3.63) is 52.7 Å². The lowest BCUT2D eigenvalue weighted by atomic mass is 10.1. The summed E-state index contributed by atoms with van der Waals surface area (Å²) < 4.78 is 20.0. The number of aromatic nitrogens is 2. The third-order valence-corrected chi connectivity index (χ3v) is 7.97. The normalized spacial score (nSPS) is 17.8. The Morgan fingerprint density at radius 1 is 1.11 bits per heavy atom. The first-order valence-corrected chi connectivity index (χ1v) is 12.4. The maximum Gasteiger partial charge on any atom is 0.264 e. The minimum absolute atomic E-state index is 0.0759. The molecule has 10 heteroatoms. The minimum atomic E-state index is -0.148. The predicted octanol–water partition coefficient (Wildman–Crippen LogP) is 3.73. The molecule has 188 valence electrons. The summed E-state index contributed by atoms with van der Waals surface area (Å²) in [6.07, 6.45) is 1.38. The standard InChI is InChI=1S/C26H28N4O5S/c1-14-23(25(31)27-2)16-7-6-15(10-18(16)29(14)3)35-19-8-9-28-17-11-22(36-24(17)19)26(32)30-12-20(33-4)21(13-30)34-5/h6-11,20-21H,12-13H2,1-5H3,(H,27,31)/t20-,21+. The predicted molar refractivity (Wildman–Crippen MR) is 138 cm³/mol. The number of amides is 2. The van der Waals surface area contributed by atoms with Gasteiger partial charge in [0.25, 0.3) is 11.8 Å².